The molecule has 3 nitrogen and oxygen atoms in total. The summed E-state index contributed by atoms with van der Waals surface area (Å²) in [5.41, 5.74) is 20.7. The summed E-state index contributed by atoms with van der Waals surface area (Å²) in [5.74, 6) is 3.30. The molecule has 6 unspecified atom stereocenters. The van der Waals surface area contributed by atoms with Gasteiger partial charge in [0, 0.05) is 38.8 Å². The first-order valence-corrected chi connectivity index (χ1v) is 24.6. The molecule has 4 saturated carbocycles. The molecule has 5 aliphatic rings. The number of fused-ring (bicyclic) bond motifs is 11. The van der Waals surface area contributed by atoms with Gasteiger partial charge in [-0.1, -0.05) is 146 Å². The topological polar surface area (TPSA) is 32.0 Å². The Morgan fingerprint density at radius 3 is 1.87 bits per heavy atom. The average molecular weight is 870 g/mol. The van der Waals surface area contributed by atoms with E-state index in [2.05, 4.69) is 222 Å². The third-order valence-corrected chi connectivity index (χ3v) is 17.7. The molecule has 10 aromatic rings. The Balaban J connectivity index is 0.990. The van der Waals surface area contributed by atoms with Gasteiger partial charge in [-0.05, 0) is 172 Å². The number of anilines is 3. The lowest BCUT2D eigenvalue weighted by Crippen LogP contribution is -2.73. The molecule has 1 aromatic heterocycles. The summed E-state index contributed by atoms with van der Waals surface area (Å²) in [5, 5.41) is 12.8. The molecule has 0 aliphatic heterocycles. The van der Waals surface area contributed by atoms with Crippen molar-refractivity contribution in [3.8, 4) is 56.3 Å². The molecular weight excluding hydrogens is 823 g/mol. The van der Waals surface area contributed by atoms with E-state index in [1.54, 1.807) is 11.1 Å². The van der Waals surface area contributed by atoms with Crippen LogP contribution in [0.5, 0.6) is 0 Å². The van der Waals surface area contributed by atoms with Crippen LogP contribution in [-0.4, -0.2) is 4.57 Å². The Labute approximate surface area is 397 Å². The maximum Gasteiger partial charge on any atom is 0.0991 e. The summed E-state index contributed by atoms with van der Waals surface area (Å²) in [6, 6.07) is 80.6. The van der Waals surface area contributed by atoms with E-state index in [-0.39, 0.29) is 5.41 Å². The van der Waals surface area contributed by atoms with Crippen LogP contribution in [0.4, 0.5) is 17.1 Å². The van der Waals surface area contributed by atoms with Crippen LogP contribution in [0.25, 0.3) is 72.0 Å². The van der Waals surface area contributed by atoms with Gasteiger partial charge >= 0.3 is 0 Å². The third kappa shape index (κ3) is 5.02. The summed E-state index contributed by atoms with van der Waals surface area (Å²) in [4.78, 5) is 2.42. The van der Waals surface area contributed by atoms with Gasteiger partial charge < -0.3 is 9.47 Å². The lowest BCUT2D eigenvalue weighted by Gasteiger charge is -2.76. The van der Waals surface area contributed by atoms with Gasteiger partial charge in [-0.25, -0.2) is 0 Å². The number of rotatable bonds is 7. The second-order valence-corrected chi connectivity index (χ2v) is 20.4. The number of benzene rings is 9. The van der Waals surface area contributed by atoms with Crippen LogP contribution < -0.4 is 4.90 Å². The standard InChI is InChI=1S/C65H47N3/c66-40-41-23-30-61(56(32-41)45-15-5-2-6-16-45)67(49-27-24-44(25-28-49)43-13-3-1-4-14-43)50-34-47(35-51(38-50)68-59-21-11-8-18-54(59)55-19-9-12-22-60(55)68)46-26-29-53-52-17-7-10-20-57(52)65(58(53)36-46)62-33-42-31-48-37-63(65)64(48,62)39-42/h1-30,32,34-36,38,42,48,62-63H,31,33,37,39H2. The molecule has 68 heavy (non-hydrogen) atoms. The Morgan fingerprint density at radius 1 is 0.471 bits per heavy atom. The number of hydrogen-bond donors (Lipinski definition) is 0. The maximum atomic E-state index is 10.3. The first kappa shape index (κ1) is 38.2. The molecule has 0 saturated heterocycles. The van der Waals surface area contributed by atoms with Gasteiger partial charge in [0.05, 0.1) is 28.4 Å². The molecule has 9 aromatic carbocycles. The van der Waals surface area contributed by atoms with Gasteiger partial charge in [-0.3, -0.25) is 0 Å². The molecule has 3 heteroatoms. The van der Waals surface area contributed by atoms with E-state index in [1.165, 1.54) is 75.3 Å². The van der Waals surface area contributed by atoms with Gasteiger partial charge in [-0.15, -0.1) is 0 Å². The summed E-state index contributed by atoms with van der Waals surface area (Å²) >= 11 is 0. The molecule has 1 heterocycles. The number of hydrogen-bond acceptors (Lipinski definition) is 2. The van der Waals surface area contributed by atoms with Crippen LogP contribution in [0.1, 0.15) is 42.4 Å². The molecular formula is C65H47N3. The average Bonchev–Trinajstić information content (AvgIpc) is 4.13. The minimum absolute atomic E-state index is 0.0977. The molecule has 15 rings (SSSR count). The van der Waals surface area contributed by atoms with Crippen LogP contribution in [0, 0.1) is 40.4 Å². The van der Waals surface area contributed by atoms with E-state index in [4.69, 9.17) is 0 Å². The van der Waals surface area contributed by atoms with Crippen molar-refractivity contribution in [1.29, 1.82) is 5.26 Å². The van der Waals surface area contributed by atoms with Crippen molar-refractivity contribution in [2.45, 2.75) is 31.1 Å². The summed E-state index contributed by atoms with van der Waals surface area (Å²) in [6.45, 7) is 0. The molecule has 322 valence electrons. The van der Waals surface area contributed by atoms with Crippen LogP contribution in [0.3, 0.4) is 0 Å². The molecule has 2 spiro atoms. The van der Waals surface area contributed by atoms with E-state index in [1.807, 2.05) is 6.07 Å². The zero-order valence-electron chi connectivity index (χ0n) is 37.7. The fraction of sp³-hybridized carbons (Fsp3) is 0.154. The number of aromatic nitrogens is 1. The maximum absolute atomic E-state index is 10.3. The van der Waals surface area contributed by atoms with E-state index < -0.39 is 0 Å². The fourth-order valence-electron chi connectivity index (χ4n) is 15.2. The van der Waals surface area contributed by atoms with Crippen molar-refractivity contribution >= 4 is 38.9 Å². The lowest BCUT2D eigenvalue weighted by atomic mass is 9.27. The molecule has 0 N–H and O–H groups in total. The van der Waals surface area contributed by atoms with Crippen LogP contribution >= 0.6 is 0 Å². The Morgan fingerprint density at radius 2 is 1.12 bits per heavy atom. The second-order valence-electron chi connectivity index (χ2n) is 20.4. The van der Waals surface area contributed by atoms with Crippen molar-refractivity contribution < 1.29 is 0 Å². The second kappa shape index (κ2) is 14.0. The van der Waals surface area contributed by atoms with Gasteiger partial charge in [0.2, 0.25) is 0 Å². The van der Waals surface area contributed by atoms with E-state index in [0.717, 1.165) is 63.1 Å². The first-order valence-electron chi connectivity index (χ1n) is 24.6. The van der Waals surface area contributed by atoms with Crippen molar-refractivity contribution in [3.05, 3.63) is 229 Å². The number of para-hydroxylation sites is 2. The number of nitriles is 1. The van der Waals surface area contributed by atoms with Crippen LogP contribution in [0.2, 0.25) is 0 Å². The third-order valence-electron chi connectivity index (χ3n) is 17.7. The summed E-state index contributed by atoms with van der Waals surface area (Å²) < 4.78 is 2.47. The highest BCUT2D eigenvalue weighted by Gasteiger charge is 2.84. The van der Waals surface area contributed by atoms with Gasteiger partial charge in [0.15, 0.2) is 0 Å². The zero-order chi connectivity index (χ0) is 44.7. The van der Waals surface area contributed by atoms with Gasteiger partial charge in [0.25, 0.3) is 0 Å². The largest absolute Gasteiger partial charge is 0.310 e. The Kier molecular flexibility index (Phi) is 7.89. The van der Waals surface area contributed by atoms with Gasteiger partial charge in [0.1, 0.15) is 0 Å². The predicted molar refractivity (Wildman–Crippen MR) is 278 cm³/mol. The molecule has 0 amide bonds. The SMILES string of the molecule is N#Cc1ccc(N(c2ccc(-c3ccccc3)cc2)c2cc(-c3ccc4c(c3)C3(c5ccccc5-4)C4CC5CC6CC3C64C5)cc(-n3c4ccccc4c4ccccc43)c2)c(-c2ccccc2)c1. The fourth-order valence-corrected chi connectivity index (χ4v) is 15.2. The van der Waals surface area contributed by atoms with Crippen molar-refractivity contribution in [3.63, 3.8) is 0 Å². The lowest BCUT2D eigenvalue weighted by molar-refractivity contribution is -0.231. The molecule has 6 atom stereocenters. The zero-order valence-corrected chi connectivity index (χ0v) is 37.7. The van der Waals surface area contributed by atoms with Crippen LogP contribution in [0.15, 0.2) is 212 Å². The van der Waals surface area contributed by atoms with Gasteiger partial charge in [-0.2, -0.15) is 5.26 Å². The minimum atomic E-state index is 0.0977. The highest BCUT2D eigenvalue weighted by Crippen LogP contribution is 2.89. The quantitative estimate of drug-likeness (QED) is 0.160. The predicted octanol–water partition coefficient (Wildman–Crippen LogP) is 16.5. The van der Waals surface area contributed by atoms with Crippen LogP contribution in [-0.2, 0) is 5.41 Å². The highest BCUT2D eigenvalue weighted by atomic mass is 15.1. The van der Waals surface area contributed by atoms with Crippen molar-refractivity contribution in [2.75, 3.05) is 4.90 Å². The van der Waals surface area contributed by atoms with E-state index >= 15 is 0 Å². The molecule has 4 fully saturated rings. The molecule has 0 radical (unpaired) electrons. The summed E-state index contributed by atoms with van der Waals surface area (Å²) in [7, 11) is 0. The molecule has 5 aliphatic carbocycles. The highest BCUT2D eigenvalue weighted by molar-refractivity contribution is 6.09. The van der Waals surface area contributed by atoms with Crippen molar-refractivity contribution in [2.24, 2.45) is 29.1 Å². The Hall–Kier alpha value is -7.93. The number of nitrogens with zero attached hydrogens (tertiary/aromatic N) is 3. The molecule has 2 bridgehead atoms. The normalized spacial score (nSPS) is 23.2. The smallest absolute Gasteiger partial charge is 0.0991 e. The summed E-state index contributed by atoms with van der Waals surface area (Å²) in [6.07, 6.45) is 5.68. The minimum Gasteiger partial charge on any atom is -0.310 e. The van der Waals surface area contributed by atoms with Crippen molar-refractivity contribution in [1.82, 2.24) is 4.57 Å². The Bertz CT molecular complexity index is 3690. The monoisotopic (exact) mass is 869 g/mol. The van der Waals surface area contributed by atoms with E-state index in [0.29, 0.717) is 11.0 Å². The van der Waals surface area contributed by atoms with E-state index in [9.17, 15) is 5.26 Å². The first-order chi connectivity index (χ1) is 33.6.